The van der Waals surface area contributed by atoms with Crippen LogP contribution in [0.15, 0.2) is 54.7 Å². The number of aryl methyl sites for hydroxylation is 1. The number of carbonyl (C=O) groups is 1. The van der Waals surface area contributed by atoms with Crippen LogP contribution in [0, 0.1) is 11.3 Å². The summed E-state index contributed by atoms with van der Waals surface area (Å²) < 4.78 is 7.69. The van der Waals surface area contributed by atoms with Gasteiger partial charge in [-0.05, 0) is 29.3 Å². The van der Waals surface area contributed by atoms with Gasteiger partial charge in [-0.1, -0.05) is 30.3 Å². The van der Waals surface area contributed by atoms with Crippen LogP contribution >= 0.6 is 0 Å². The molecule has 2 aliphatic heterocycles. The Kier molecular flexibility index (Phi) is 6.14. The van der Waals surface area contributed by atoms with Crippen LogP contribution < -0.4 is 4.74 Å². The number of hydrogen-bond donors (Lipinski definition) is 0. The van der Waals surface area contributed by atoms with Crippen LogP contribution in [0.2, 0.25) is 0 Å². The van der Waals surface area contributed by atoms with E-state index in [4.69, 9.17) is 10.00 Å². The van der Waals surface area contributed by atoms with Crippen molar-refractivity contribution in [2.75, 3.05) is 32.8 Å². The molecule has 0 radical (unpaired) electrons. The summed E-state index contributed by atoms with van der Waals surface area (Å²) in [6.45, 7) is 5.57. The average Bonchev–Trinajstić information content (AvgIpc) is 3.46. The molecule has 6 heteroatoms. The van der Waals surface area contributed by atoms with Gasteiger partial charge in [0.1, 0.15) is 5.75 Å². The zero-order valence-corrected chi connectivity index (χ0v) is 18.7. The number of aromatic nitrogens is 1. The maximum atomic E-state index is 12.8. The molecule has 0 unspecified atom stereocenters. The topological polar surface area (TPSA) is 61.5 Å². The standard InChI is InChI=1S/C27H28N4O2/c28-11-3-12-31-20-23(24-4-1-2-5-25(24)31)7-9-27(32)30-15-13-29(14-16-30)19-21-6-8-26-22(18-21)10-17-33-26/h1-2,4-9,18,20H,3,10,12-17,19H2/b9-7+. The summed E-state index contributed by atoms with van der Waals surface area (Å²) in [5.74, 6) is 1.08. The van der Waals surface area contributed by atoms with Crippen LogP contribution in [0.5, 0.6) is 5.75 Å². The van der Waals surface area contributed by atoms with E-state index in [0.29, 0.717) is 13.0 Å². The molecule has 33 heavy (non-hydrogen) atoms. The maximum Gasteiger partial charge on any atom is 0.246 e. The van der Waals surface area contributed by atoms with Gasteiger partial charge in [0.2, 0.25) is 5.91 Å². The fourth-order valence-electron chi connectivity index (χ4n) is 4.75. The third-order valence-electron chi connectivity index (χ3n) is 6.53. The molecule has 5 rings (SSSR count). The highest BCUT2D eigenvalue weighted by molar-refractivity contribution is 5.96. The molecule has 0 atom stereocenters. The smallest absolute Gasteiger partial charge is 0.246 e. The quantitative estimate of drug-likeness (QED) is 0.547. The monoisotopic (exact) mass is 440 g/mol. The van der Waals surface area contributed by atoms with E-state index in [1.165, 1.54) is 11.1 Å². The Morgan fingerprint density at radius 3 is 2.82 bits per heavy atom. The number of benzene rings is 2. The number of ether oxygens (including phenoxy) is 1. The third-order valence-corrected chi connectivity index (χ3v) is 6.53. The Balaban J connectivity index is 1.19. The first kappa shape index (κ1) is 21.3. The first-order valence-corrected chi connectivity index (χ1v) is 11.6. The molecule has 0 aliphatic carbocycles. The first-order valence-electron chi connectivity index (χ1n) is 11.6. The Morgan fingerprint density at radius 1 is 1.12 bits per heavy atom. The van der Waals surface area contributed by atoms with Gasteiger partial charge in [-0.2, -0.15) is 5.26 Å². The number of fused-ring (bicyclic) bond motifs is 2. The van der Waals surface area contributed by atoms with E-state index in [1.807, 2.05) is 29.3 Å². The summed E-state index contributed by atoms with van der Waals surface area (Å²) in [5, 5.41) is 10.0. The van der Waals surface area contributed by atoms with Gasteiger partial charge >= 0.3 is 0 Å². The van der Waals surface area contributed by atoms with E-state index in [-0.39, 0.29) is 5.91 Å². The van der Waals surface area contributed by atoms with E-state index < -0.39 is 0 Å². The van der Waals surface area contributed by atoms with Gasteiger partial charge in [0.05, 0.1) is 19.1 Å². The van der Waals surface area contributed by atoms with Crippen LogP contribution in [0.25, 0.3) is 17.0 Å². The minimum atomic E-state index is 0.0539. The van der Waals surface area contributed by atoms with Crippen molar-refractivity contribution in [2.24, 2.45) is 0 Å². The van der Waals surface area contributed by atoms with Crippen molar-refractivity contribution in [1.82, 2.24) is 14.4 Å². The minimum absolute atomic E-state index is 0.0539. The number of nitrogens with zero attached hydrogens (tertiary/aromatic N) is 4. The van der Waals surface area contributed by atoms with E-state index >= 15 is 0 Å². The second kappa shape index (κ2) is 9.51. The Hall–Kier alpha value is -3.56. The second-order valence-corrected chi connectivity index (χ2v) is 8.68. The molecular formula is C27H28N4O2. The van der Waals surface area contributed by atoms with E-state index in [0.717, 1.165) is 68.0 Å². The fourth-order valence-corrected chi connectivity index (χ4v) is 4.75. The molecular weight excluding hydrogens is 412 g/mol. The molecule has 3 heterocycles. The van der Waals surface area contributed by atoms with Gasteiger partial charge in [0, 0.05) is 74.4 Å². The average molecular weight is 441 g/mol. The van der Waals surface area contributed by atoms with Crippen LogP contribution in [0.4, 0.5) is 0 Å². The lowest BCUT2D eigenvalue weighted by atomic mass is 10.1. The molecule has 1 aromatic heterocycles. The summed E-state index contributed by atoms with van der Waals surface area (Å²) in [6, 6.07) is 16.8. The van der Waals surface area contributed by atoms with Gasteiger partial charge in [-0.25, -0.2) is 0 Å². The zero-order chi connectivity index (χ0) is 22.6. The van der Waals surface area contributed by atoms with Crippen molar-refractivity contribution in [1.29, 1.82) is 5.26 Å². The van der Waals surface area contributed by atoms with Crippen LogP contribution in [-0.4, -0.2) is 53.1 Å². The van der Waals surface area contributed by atoms with Crippen molar-refractivity contribution < 1.29 is 9.53 Å². The molecule has 168 valence electrons. The molecule has 0 saturated carbocycles. The molecule has 2 aromatic carbocycles. The molecule has 1 fully saturated rings. The van der Waals surface area contributed by atoms with Crippen molar-refractivity contribution in [2.45, 2.75) is 25.9 Å². The molecule has 0 N–H and O–H groups in total. The summed E-state index contributed by atoms with van der Waals surface area (Å²) in [5.41, 5.74) is 4.72. The summed E-state index contributed by atoms with van der Waals surface area (Å²) in [7, 11) is 0. The van der Waals surface area contributed by atoms with Crippen LogP contribution in [0.3, 0.4) is 0 Å². The normalized spacial score (nSPS) is 16.2. The largest absolute Gasteiger partial charge is 0.493 e. The number of amides is 1. The number of nitriles is 1. The Labute approximate surface area is 194 Å². The first-order chi connectivity index (χ1) is 16.2. The number of rotatable bonds is 6. The molecule has 2 aliphatic rings. The van der Waals surface area contributed by atoms with E-state index in [2.05, 4.69) is 45.9 Å². The maximum absolute atomic E-state index is 12.8. The van der Waals surface area contributed by atoms with Gasteiger partial charge in [0.15, 0.2) is 0 Å². The van der Waals surface area contributed by atoms with Gasteiger partial charge in [-0.15, -0.1) is 0 Å². The van der Waals surface area contributed by atoms with Gasteiger partial charge in [0.25, 0.3) is 0 Å². The highest BCUT2D eigenvalue weighted by Crippen LogP contribution is 2.26. The number of piperazine rings is 1. The third kappa shape index (κ3) is 4.64. The number of carbonyl (C=O) groups excluding carboxylic acids is 1. The molecule has 3 aromatic rings. The minimum Gasteiger partial charge on any atom is -0.493 e. The highest BCUT2D eigenvalue weighted by Gasteiger charge is 2.20. The highest BCUT2D eigenvalue weighted by atomic mass is 16.5. The zero-order valence-electron chi connectivity index (χ0n) is 18.7. The molecule has 0 spiro atoms. The predicted molar refractivity (Wildman–Crippen MR) is 129 cm³/mol. The molecule has 0 bridgehead atoms. The number of para-hydroxylation sites is 1. The van der Waals surface area contributed by atoms with Gasteiger partial charge < -0.3 is 14.2 Å². The number of hydrogen-bond acceptors (Lipinski definition) is 4. The summed E-state index contributed by atoms with van der Waals surface area (Å²) in [4.78, 5) is 17.2. The van der Waals surface area contributed by atoms with Crippen molar-refractivity contribution in [3.05, 3.63) is 71.4 Å². The summed E-state index contributed by atoms with van der Waals surface area (Å²) in [6.07, 6.45) is 7.09. The lowest BCUT2D eigenvalue weighted by molar-refractivity contribution is -0.127. The van der Waals surface area contributed by atoms with E-state index in [9.17, 15) is 4.79 Å². The fraction of sp³-hybridized carbons (Fsp3) is 0.333. The molecule has 1 amide bonds. The van der Waals surface area contributed by atoms with Crippen molar-refractivity contribution in [3.8, 4) is 11.8 Å². The van der Waals surface area contributed by atoms with E-state index in [1.54, 1.807) is 6.08 Å². The predicted octanol–water partition coefficient (Wildman–Crippen LogP) is 3.85. The van der Waals surface area contributed by atoms with Gasteiger partial charge in [-0.3, -0.25) is 9.69 Å². The SMILES string of the molecule is N#CCCn1cc(/C=C/C(=O)N2CCN(Cc3ccc4c(c3)CCO4)CC2)c2ccccc21. The summed E-state index contributed by atoms with van der Waals surface area (Å²) >= 11 is 0. The van der Waals surface area contributed by atoms with Crippen molar-refractivity contribution in [3.63, 3.8) is 0 Å². The lowest BCUT2D eigenvalue weighted by Crippen LogP contribution is -2.47. The molecule has 1 saturated heterocycles. The lowest BCUT2D eigenvalue weighted by Gasteiger charge is -2.34. The second-order valence-electron chi connectivity index (χ2n) is 8.68. The Morgan fingerprint density at radius 2 is 1.97 bits per heavy atom. The van der Waals surface area contributed by atoms with Crippen LogP contribution in [-0.2, 0) is 24.3 Å². The van der Waals surface area contributed by atoms with Crippen molar-refractivity contribution >= 4 is 22.9 Å². The molecule has 6 nitrogen and oxygen atoms in total. The Bertz CT molecular complexity index is 1230. The van der Waals surface area contributed by atoms with Crippen LogP contribution in [0.1, 0.15) is 23.1 Å².